The van der Waals surface area contributed by atoms with Crippen molar-refractivity contribution in [2.24, 2.45) is 0 Å². The van der Waals surface area contributed by atoms with Crippen LogP contribution in [0, 0.1) is 6.92 Å². The van der Waals surface area contributed by atoms with Crippen LogP contribution in [-0.2, 0) is 4.79 Å². The summed E-state index contributed by atoms with van der Waals surface area (Å²) >= 11 is 0. The molecule has 0 unspecified atom stereocenters. The van der Waals surface area contributed by atoms with E-state index >= 15 is 0 Å². The minimum absolute atomic E-state index is 0.0209. The molecule has 3 aromatic rings. The number of fused-ring (bicyclic) bond motifs is 1. The summed E-state index contributed by atoms with van der Waals surface area (Å²) in [5.74, 6) is -0.360. The summed E-state index contributed by atoms with van der Waals surface area (Å²) in [5, 5.41) is 7.93. The number of carbonyl (C=O) groups excluding carboxylic acids is 2. The van der Waals surface area contributed by atoms with Crippen molar-refractivity contribution in [1.29, 1.82) is 0 Å². The van der Waals surface area contributed by atoms with Crippen LogP contribution in [-0.4, -0.2) is 64.2 Å². The van der Waals surface area contributed by atoms with E-state index < -0.39 is 0 Å². The monoisotopic (exact) mass is 420 g/mol. The zero-order valence-electron chi connectivity index (χ0n) is 18.2. The second-order valence-electron chi connectivity index (χ2n) is 8.10. The number of aromatic nitrogens is 3. The first kappa shape index (κ1) is 20.8. The lowest BCUT2D eigenvalue weighted by atomic mass is 10.1. The molecule has 1 aliphatic heterocycles. The van der Waals surface area contributed by atoms with Crippen molar-refractivity contribution in [2.45, 2.75) is 26.8 Å². The highest BCUT2D eigenvalue weighted by molar-refractivity contribution is 5.99. The molecule has 0 aliphatic carbocycles. The second kappa shape index (κ2) is 8.75. The Morgan fingerprint density at radius 2 is 1.81 bits per heavy atom. The third kappa shape index (κ3) is 4.38. The number of rotatable bonds is 5. The topological polar surface area (TPSA) is 83.4 Å². The van der Waals surface area contributed by atoms with Crippen LogP contribution >= 0.6 is 0 Å². The van der Waals surface area contributed by atoms with E-state index in [9.17, 15) is 9.59 Å². The van der Waals surface area contributed by atoms with E-state index in [1.807, 2.05) is 36.7 Å². The Bertz CT molecular complexity index is 1080. The third-order valence-corrected chi connectivity index (χ3v) is 5.65. The molecule has 31 heavy (non-hydrogen) atoms. The molecule has 0 atom stereocenters. The van der Waals surface area contributed by atoms with Crippen LogP contribution in [0.5, 0.6) is 0 Å². The third-order valence-electron chi connectivity index (χ3n) is 5.65. The summed E-state index contributed by atoms with van der Waals surface area (Å²) in [6.45, 7) is 8.70. The lowest BCUT2D eigenvalue weighted by Crippen LogP contribution is -2.51. The van der Waals surface area contributed by atoms with Gasteiger partial charge < -0.3 is 15.1 Å². The quantitative estimate of drug-likeness (QED) is 0.685. The molecule has 0 saturated carbocycles. The predicted molar refractivity (Wildman–Crippen MR) is 120 cm³/mol. The molecule has 8 heteroatoms. The van der Waals surface area contributed by atoms with Crippen molar-refractivity contribution >= 4 is 28.5 Å². The Hall–Kier alpha value is -3.42. The van der Waals surface area contributed by atoms with E-state index in [0.29, 0.717) is 24.3 Å². The maximum atomic E-state index is 12.7. The minimum Gasteiger partial charge on any atom is -0.368 e. The van der Waals surface area contributed by atoms with Crippen LogP contribution in [0.4, 0.5) is 5.69 Å². The van der Waals surface area contributed by atoms with Gasteiger partial charge in [0.1, 0.15) is 0 Å². The van der Waals surface area contributed by atoms with Gasteiger partial charge in [-0.2, -0.15) is 5.10 Å². The van der Waals surface area contributed by atoms with Gasteiger partial charge in [0.25, 0.3) is 5.91 Å². The van der Waals surface area contributed by atoms with Gasteiger partial charge in [0.05, 0.1) is 24.0 Å². The molecule has 4 rings (SSSR count). The average Bonchev–Trinajstić information content (AvgIpc) is 3.20. The van der Waals surface area contributed by atoms with Gasteiger partial charge in [0.15, 0.2) is 5.65 Å². The normalized spacial score (nSPS) is 14.3. The Kier molecular flexibility index (Phi) is 5.88. The Balaban J connectivity index is 1.34. The number of nitrogens with zero attached hydrogens (tertiary/aromatic N) is 5. The molecule has 2 amide bonds. The van der Waals surface area contributed by atoms with E-state index in [2.05, 4.69) is 32.4 Å². The van der Waals surface area contributed by atoms with Crippen molar-refractivity contribution in [3.05, 3.63) is 53.9 Å². The number of anilines is 1. The summed E-state index contributed by atoms with van der Waals surface area (Å²) in [6.07, 6.45) is 1.72. The highest BCUT2D eigenvalue weighted by Crippen LogP contribution is 2.19. The Morgan fingerprint density at radius 1 is 1.10 bits per heavy atom. The molecule has 1 N–H and O–H groups in total. The fourth-order valence-electron chi connectivity index (χ4n) is 3.89. The summed E-state index contributed by atoms with van der Waals surface area (Å²) in [7, 11) is 0. The Labute approximate surface area is 181 Å². The number of benzene rings is 1. The number of amides is 2. The van der Waals surface area contributed by atoms with Crippen molar-refractivity contribution < 1.29 is 9.59 Å². The summed E-state index contributed by atoms with van der Waals surface area (Å²) < 4.78 is 1.84. The van der Waals surface area contributed by atoms with Crippen LogP contribution in [0.25, 0.3) is 11.0 Å². The number of carbonyl (C=O) groups is 2. The van der Waals surface area contributed by atoms with Crippen molar-refractivity contribution in [3.8, 4) is 0 Å². The van der Waals surface area contributed by atoms with Gasteiger partial charge in [-0.1, -0.05) is 18.2 Å². The van der Waals surface area contributed by atoms with Gasteiger partial charge in [-0.3, -0.25) is 9.59 Å². The van der Waals surface area contributed by atoms with E-state index in [4.69, 9.17) is 0 Å². The van der Waals surface area contributed by atoms with E-state index in [1.54, 1.807) is 24.1 Å². The maximum Gasteiger partial charge on any atom is 0.253 e. The van der Waals surface area contributed by atoms with Crippen molar-refractivity contribution in [3.63, 3.8) is 0 Å². The lowest BCUT2D eigenvalue weighted by molar-refractivity contribution is -0.130. The van der Waals surface area contributed by atoms with Crippen LogP contribution in [0.1, 0.15) is 35.9 Å². The molecule has 0 spiro atoms. The van der Waals surface area contributed by atoms with Gasteiger partial charge in [-0.15, -0.1) is 0 Å². The first-order valence-electron chi connectivity index (χ1n) is 10.6. The molecule has 1 fully saturated rings. The number of nitrogens with one attached hydrogen (secondary N) is 1. The first-order valence-corrected chi connectivity index (χ1v) is 10.6. The molecule has 3 heterocycles. The van der Waals surface area contributed by atoms with Gasteiger partial charge in [0.2, 0.25) is 5.91 Å². The van der Waals surface area contributed by atoms with Gasteiger partial charge >= 0.3 is 0 Å². The average molecular weight is 421 g/mol. The predicted octanol–water partition coefficient (Wildman–Crippen LogP) is 2.40. The first-order chi connectivity index (χ1) is 14.9. The summed E-state index contributed by atoms with van der Waals surface area (Å²) in [5.41, 5.74) is 3.02. The van der Waals surface area contributed by atoms with E-state index in [1.165, 1.54) is 5.69 Å². The number of aryl methyl sites for hydroxylation is 1. The summed E-state index contributed by atoms with van der Waals surface area (Å²) in [6, 6.07) is 12.2. The molecular weight excluding hydrogens is 392 g/mol. The smallest absolute Gasteiger partial charge is 0.253 e. The fraction of sp³-hybridized carbons (Fsp3) is 0.391. The van der Waals surface area contributed by atoms with Crippen molar-refractivity contribution in [1.82, 2.24) is 25.0 Å². The number of hydrogen-bond acceptors (Lipinski definition) is 5. The second-order valence-corrected chi connectivity index (χ2v) is 8.10. The fourth-order valence-corrected chi connectivity index (χ4v) is 3.89. The van der Waals surface area contributed by atoms with Crippen LogP contribution in [0.2, 0.25) is 0 Å². The van der Waals surface area contributed by atoms with Crippen LogP contribution < -0.4 is 10.2 Å². The van der Waals surface area contributed by atoms with E-state index in [-0.39, 0.29) is 24.4 Å². The molecule has 8 nitrogen and oxygen atoms in total. The zero-order valence-corrected chi connectivity index (χ0v) is 18.2. The highest BCUT2D eigenvalue weighted by Gasteiger charge is 2.22. The number of para-hydroxylation sites is 1. The standard InChI is InChI=1S/C23H28N6O2/c1-16(2)29-22-18(14-25-29)13-20(17(3)26-22)23(31)24-15-21(30)28-11-9-27(10-12-28)19-7-5-4-6-8-19/h4-8,13-14,16H,9-12,15H2,1-3H3,(H,24,31). The molecule has 1 aliphatic rings. The molecule has 1 saturated heterocycles. The maximum absolute atomic E-state index is 12.7. The molecule has 0 radical (unpaired) electrons. The van der Waals surface area contributed by atoms with Crippen molar-refractivity contribution in [2.75, 3.05) is 37.6 Å². The molecule has 162 valence electrons. The SMILES string of the molecule is Cc1nc2c(cnn2C(C)C)cc1C(=O)NCC(=O)N1CCN(c2ccccc2)CC1. The Morgan fingerprint density at radius 3 is 2.48 bits per heavy atom. The number of pyridine rings is 1. The highest BCUT2D eigenvalue weighted by atomic mass is 16.2. The largest absolute Gasteiger partial charge is 0.368 e. The molecule has 0 bridgehead atoms. The zero-order chi connectivity index (χ0) is 22.0. The van der Waals surface area contributed by atoms with E-state index in [0.717, 1.165) is 24.1 Å². The summed E-state index contributed by atoms with van der Waals surface area (Å²) in [4.78, 5) is 34.0. The van der Waals surface area contributed by atoms with Gasteiger partial charge in [-0.05, 0) is 39.0 Å². The molecule has 2 aromatic heterocycles. The minimum atomic E-state index is -0.291. The molecular formula is C23H28N6O2. The number of hydrogen-bond donors (Lipinski definition) is 1. The van der Waals surface area contributed by atoms with Gasteiger partial charge in [0, 0.05) is 43.3 Å². The molecule has 1 aromatic carbocycles. The van der Waals surface area contributed by atoms with Gasteiger partial charge in [-0.25, -0.2) is 9.67 Å². The van der Waals surface area contributed by atoms with Crippen LogP contribution in [0.3, 0.4) is 0 Å². The number of piperazine rings is 1. The van der Waals surface area contributed by atoms with Crippen LogP contribution in [0.15, 0.2) is 42.6 Å². The lowest BCUT2D eigenvalue weighted by Gasteiger charge is -2.36.